The maximum Gasteiger partial charge on any atom is 0.227 e. The van der Waals surface area contributed by atoms with Crippen LogP contribution in [-0.2, 0) is 9.22 Å². The van der Waals surface area contributed by atoms with Crippen molar-refractivity contribution in [2.45, 2.75) is 51.4 Å². The van der Waals surface area contributed by atoms with E-state index in [0.29, 0.717) is 6.61 Å². The molecule has 1 saturated heterocycles. The molecular weight excluding hydrogens is 230 g/mol. The summed E-state index contributed by atoms with van der Waals surface area (Å²) in [6.07, 6.45) is 6.05. The summed E-state index contributed by atoms with van der Waals surface area (Å²) in [6.45, 7) is 11.7. The number of terminal acetylenes is 1. The molecule has 0 aromatic rings. The molecule has 1 heterocycles. The van der Waals surface area contributed by atoms with E-state index in [1.807, 2.05) is 0 Å². The molecule has 1 amide bonds. The van der Waals surface area contributed by atoms with Gasteiger partial charge in [-0.25, -0.2) is 0 Å². The van der Waals surface area contributed by atoms with Gasteiger partial charge in [0.25, 0.3) is 0 Å². The molecule has 96 valence electrons. The highest BCUT2D eigenvalue weighted by molar-refractivity contribution is 6.74. The van der Waals surface area contributed by atoms with Crippen LogP contribution in [0.2, 0.25) is 18.1 Å². The Balaban J connectivity index is 2.39. The minimum atomic E-state index is -1.70. The molecule has 0 bridgehead atoms. The maximum absolute atomic E-state index is 11.3. The maximum atomic E-state index is 11.3. The second-order valence-electron chi connectivity index (χ2n) is 6.16. The number of nitrogens with one attached hydrogen (secondary N) is 1. The summed E-state index contributed by atoms with van der Waals surface area (Å²) in [7, 11) is -1.70. The summed E-state index contributed by atoms with van der Waals surface area (Å²) in [6, 6.07) is -0.0921. The van der Waals surface area contributed by atoms with Crippen LogP contribution in [-0.4, -0.2) is 26.9 Å². The van der Waals surface area contributed by atoms with E-state index in [-0.39, 0.29) is 22.9 Å². The second kappa shape index (κ2) is 4.83. The second-order valence-corrected chi connectivity index (χ2v) is 11.0. The molecule has 1 rings (SSSR count). The van der Waals surface area contributed by atoms with Crippen LogP contribution in [0.3, 0.4) is 0 Å². The van der Waals surface area contributed by atoms with Crippen LogP contribution < -0.4 is 5.32 Å². The first-order chi connectivity index (χ1) is 7.69. The van der Waals surface area contributed by atoms with E-state index >= 15 is 0 Å². The van der Waals surface area contributed by atoms with Crippen LogP contribution in [0, 0.1) is 18.3 Å². The first kappa shape index (κ1) is 14.3. The number of carbonyl (C=O) groups is 1. The highest BCUT2D eigenvalue weighted by Crippen LogP contribution is 2.36. The lowest BCUT2D eigenvalue weighted by Crippen LogP contribution is -2.57. The number of rotatable bonds is 4. The largest absolute Gasteiger partial charge is 0.417 e. The highest BCUT2D eigenvalue weighted by atomic mass is 28.4. The van der Waals surface area contributed by atoms with Crippen LogP contribution in [0.5, 0.6) is 0 Å². The third-order valence-corrected chi connectivity index (χ3v) is 8.45. The van der Waals surface area contributed by atoms with Crippen molar-refractivity contribution in [2.24, 2.45) is 5.92 Å². The van der Waals surface area contributed by atoms with Crippen LogP contribution in [0.1, 0.15) is 27.2 Å². The lowest BCUT2D eigenvalue weighted by molar-refractivity contribution is -0.133. The molecule has 0 radical (unpaired) electrons. The molecule has 0 aromatic heterocycles. The van der Waals surface area contributed by atoms with Crippen LogP contribution in [0.25, 0.3) is 0 Å². The Hall–Kier alpha value is -0.793. The van der Waals surface area contributed by atoms with Gasteiger partial charge in [0, 0.05) is 6.61 Å². The van der Waals surface area contributed by atoms with Gasteiger partial charge in [-0.15, -0.1) is 6.42 Å². The first-order valence-electron chi connectivity index (χ1n) is 6.09. The van der Waals surface area contributed by atoms with Gasteiger partial charge in [0.05, 0.1) is 5.92 Å². The van der Waals surface area contributed by atoms with Gasteiger partial charge >= 0.3 is 0 Å². The Morgan fingerprint density at radius 3 is 2.47 bits per heavy atom. The fraction of sp³-hybridized carbons (Fsp3) is 0.769. The number of carbonyl (C=O) groups excluding carboxylic acids is 1. The summed E-state index contributed by atoms with van der Waals surface area (Å²) in [4.78, 5) is 11.3. The van der Waals surface area contributed by atoms with Crippen LogP contribution >= 0.6 is 0 Å². The van der Waals surface area contributed by atoms with Crippen LogP contribution in [0.15, 0.2) is 0 Å². The normalized spacial score (nSPS) is 24.8. The lowest BCUT2D eigenvalue weighted by atomic mass is 9.88. The van der Waals surface area contributed by atoms with Gasteiger partial charge in [-0.1, -0.05) is 26.7 Å². The van der Waals surface area contributed by atoms with Gasteiger partial charge in [0.1, 0.15) is 6.04 Å². The fourth-order valence-electron chi connectivity index (χ4n) is 1.53. The molecule has 1 N–H and O–H groups in total. The van der Waals surface area contributed by atoms with E-state index in [0.717, 1.165) is 6.42 Å². The Morgan fingerprint density at radius 1 is 1.47 bits per heavy atom. The molecule has 17 heavy (non-hydrogen) atoms. The molecule has 0 saturated carbocycles. The van der Waals surface area contributed by atoms with E-state index in [9.17, 15) is 4.79 Å². The SMILES string of the molecule is C#C[C@@H]1NC(=O)[C@H]1CCO[Si](C)(C)C(C)(C)C. The molecule has 0 spiro atoms. The molecule has 1 aliphatic heterocycles. The third kappa shape index (κ3) is 3.11. The van der Waals surface area contributed by atoms with Gasteiger partial charge in [-0.05, 0) is 24.6 Å². The van der Waals surface area contributed by atoms with Crippen LogP contribution in [0.4, 0.5) is 0 Å². The lowest BCUT2D eigenvalue weighted by Gasteiger charge is -2.38. The van der Waals surface area contributed by atoms with Crippen molar-refractivity contribution in [1.29, 1.82) is 0 Å². The summed E-state index contributed by atoms with van der Waals surface area (Å²) in [5, 5.41) is 2.91. The molecular formula is C13H23NO2Si. The average Bonchev–Trinajstić information content (AvgIpc) is 2.18. The zero-order valence-electron chi connectivity index (χ0n) is 11.5. The van der Waals surface area contributed by atoms with Crippen molar-refractivity contribution in [2.75, 3.05) is 6.61 Å². The Bertz CT molecular complexity index is 338. The number of hydrogen-bond acceptors (Lipinski definition) is 2. The van der Waals surface area contributed by atoms with Gasteiger partial charge in [-0.2, -0.15) is 0 Å². The summed E-state index contributed by atoms with van der Waals surface area (Å²) >= 11 is 0. The molecule has 2 atom stereocenters. The monoisotopic (exact) mass is 253 g/mol. The minimum Gasteiger partial charge on any atom is -0.417 e. The predicted octanol–water partition coefficient (Wildman–Crippen LogP) is 2.15. The van der Waals surface area contributed by atoms with Gasteiger partial charge in [0.15, 0.2) is 8.32 Å². The van der Waals surface area contributed by atoms with Crippen molar-refractivity contribution in [3.8, 4) is 12.3 Å². The van der Waals surface area contributed by atoms with Gasteiger partial charge < -0.3 is 9.74 Å². The Kier molecular flexibility index (Phi) is 4.05. The van der Waals surface area contributed by atoms with E-state index < -0.39 is 8.32 Å². The summed E-state index contributed by atoms with van der Waals surface area (Å²) < 4.78 is 6.03. The molecule has 3 nitrogen and oxygen atoms in total. The molecule has 1 aliphatic rings. The van der Waals surface area contributed by atoms with Crippen molar-refractivity contribution in [1.82, 2.24) is 5.32 Å². The molecule has 0 unspecified atom stereocenters. The molecule has 4 heteroatoms. The number of hydrogen-bond donors (Lipinski definition) is 1. The predicted molar refractivity (Wildman–Crippen MR) is 72.0 cm³/mol. The third-order valence-electron chi connectivity index (χ3n) is 3.91. The zero-order chi connectivity index (χ0) is 13.3. The first-order valence-corrected chi connectivity index (χ1v) is 9.00. The van der Waals surface area contributed by atoms with E-state index in [1.54, 1.807) is 0 Å². The van der Waals surface area contributed by atoms with E-state index in [1.165, 1.54) is 0 Å². The van der Waals surface area contributed by atoms with Gasteiger partial charge in [0.2, 0.25) is 5.91 Å². The Labute approximate surface area is 105 Å². The number of β-lactam (4-membered cyclic amide) rings is 1. The summed E-state index contributed by atoms with van der Waals surface area (Å²) in [5.74, 6) is 2.59. The van der Waals surface area contributed by atoms with E-state index in [2.05, 4.69) is 45.1 Å². The Morgan fingerprint density at radius 2 is 2.06 bits per heavy atom. The van der Waals surface area contributed by atoms with Gasteiger partial charge in [-0.3, -0.25) is 4.79 Å². The van der Waals surface area contributed by atoms with E-state index in [4.69, 9.17) is 10.8 Å². The van der Waals surface area contributed by atoms with Crippen molar-refractivity contribution < 1.29 is 9.22 Å². The topological polar surface area (TPSA) is 38.3 Å². The van der Waals surface area contributed by atoms with Crippen molar-refractivity contribution in [3.05, 3.63) is 0 Å². The quantitative estimate of drug-likeness (QED) is 0.473. The standard InChI is InChI=1S/C13H23NO2Si/c1-7-11-10(12(15)14-11)8-9-16-17(5,6)13(2,3)4/h1,10-11H,8-9H2,2-6H3,(H,14,15)/t10-,11-/m0/s1. The molecule has 1 fully saturated rings. The fourth-order valence-corrected chi connectivity index (χ4v) is 2.59. The zero-order valence-corrected chi connectivity index (χ0v) is 12.5. The smallest absolute Gasteiger partial charge is 0.227 e. The molecule has 0 aliphatic carbocycles. The average molecular weight is 253 g/mol. The number of amides is 1. The summed E-state index contributed by atoms with van der Waals surface area (Å²) in [5.41, 5.74) is 0. The molecule has 0 aromatic carbocycles. The van der Waals surface area contributed by atoms with Crippen molar-refractivity contribution in [3.63, 3.8) is 0 Å². The highest BCUT2D eigenvalue weighted by Gasteiger charge is 2.40. The van der Waals surface area contributed by atoms with Crippen molar-refractivity contribution >= 4 is 14.2 Å². The minimum absolute atomic E-state index is 0.0511.